The molecule has 4 N–H and O–H groups in total. The normalized spacial score (nSPS) is 13.0. The third kappa shape index (κ3) is 33.7. The molecule has 0 aliphatic rings. The maximum absolute atomic E-state index is 10.6. The average Bonchev–Trinajstić information content (AvgIpc) is 2.79. The third-order valence-corrected chi connectivity index (χ3v) is 4.46. The molecule has 8 nitrogen and oxygen atoms in total. The molecule has 0 aromatic carbocycles. The Labute approximate surface area is 198 Å². The van der Waals surface area contributed by atoms with Crippen molar-refractivity contribution in [3.8, 4) is 0 Å². The number of methoxy groups -OCH3 is 1. The number of rotatable bonds is 17. The van der Waals surface area contributed by atoms with Crippen molar-refractivity contribution < 1.29 is 23.7 Å². The highest BCUT2D eigenvalue weighted by Crippen LogP contribution is 2.01. The van der Waals surface area contributed by atoms with Crippen LogP contribution in [0.3, 0.4) is 0 Å². The Morgan fingerprint density at radius 3 is 1.53 bits per heavy atom. The minimum atomic E-state index is -0.372. The Hall–Kier alpha value is -0.930. The van der Waals surface area contributed by atoms with Crippen molar-refractivity contribution in [2.24, 2.45) is 23.5 Å². The van der Waals surface area contributed by atoms with E-state index in [0.717, 1.165) is 65.6 Å². The number of nitrogens with one attached hydrogen (secondary N) is 2. The second-order valence-electron chi connectivity index (χ2n) is 7.97. The van der Waals surface area contributed by atoms with Gasteiger partial charge in [-0.05, 0) is 77.9 Å². The first kappa shape index (κ1) is 35.7. The largest absolute Gasteiger partial charge is 0.453 e. The lowest BCUT2D eigenvalue weighted by Gasteiger charge is -2.10. The van der Waals surface area contributed by atoms with Crippen LogP contribution >= 0.6 is 0 Å². The quantitative estimate of drug-likeness (QED) is 0.301. The summed E-state index contributed by atoms with van der Waals surface area (Å²) in [6.07, 6.45) is 2.81. The van der Waals surface area contributed by atoms with Crippen LogP contribution in [0.4, 0.5) is 4.79 Å². The second kappa shape index (κ2) is 30.1. The van der Waals surface area contributed by atoms with E-state index >= 15 is 0 Å². The zero-order chi connectivity index (χ0) is 25.0. The molecule has 0 rings (SSSR count). The summed E-state index contributed by atoms with van der Waals surface area (Å²) in [4.78, 5) is 10.6. The summed E-state index contributed by atoms with van der Waals surface area (Å²) in [5.41, 5.74) is 5.35. The summed E-state index contributed by atoms with van der Waals surface area (Å²) in [5.74, 6) is 1.78. The van der Waals surface area contributed by atoms with Crippen molar-refractivity contribution in [2.45, 2.75) is 60.8 Å². The van der Waals surface area contributed by atoms with Gasteiger partial charge in [-0.3, -0.25) is 0 Å². The first-order valence-electron chi connectivity index (χ1n) is 12.2. The number of ether oxygens (including phenoxy) is 4. The van der Waals surface area contributed by atoms with Crippen LogP contribution in [0.2, 0.25) is 0 Å². The van der Waals surface area contributed by atoms with Crippen molar-refractivity contribution >= 4 is 6.09 Å². The summed E-state index contributed by atoms with van der Waals surface area (Å²) in [6.45, 7) is 19.9. The van der Waals surface area contributed by atoms with E-state index in [-0.39, 0.29) is 6.09 Å². The van der Waals surface area contributed by atoms with Crippen LogP contribution in [0.15, 0.2) is 0 Å². The summed E-state index contributed by atoms with van der Waals surface area (Å²) >= 11 is 0. The Morgan fingerprint density at radius 2 is 1.19 bits per heavy atom. The maximum Gasteiger partial charge on any atom is 0.406 e. The van der Waals surface area contributed by atoms with Crippen LogP contribution in [0.25, 0.3) is 0 Å². The van der Waals surface area contributed by atoms with E-state index in [1.807, 2.05) is 27.8 Å². The van der Waals surface area contributed by atoms with Gasteiger partial charge in [0.15, 0.2) is 0 Å². The van der Waals surface area contributed by atoms with Crippen LogP contribution in [0.1, 0.15) is 60.8 Å². The third-order valence-electron chi connectivity index (χ3n) is 4.46. The van der Waals surface area contributed by atoms with Gasteiger partial charge in [-0.2, -0.15) is 0 Å². The highest BCUT2D eigenvalue weighted by atomic mass is 16.5. The fourth-order valence-corrected chi connectivity index (χ4v) is 2.38. The first-order valence-corrected chi connectivity index (χ1v) is 12.2. The molecule has 0 aliphatic carbocycles. The molecule has 0 saturated heterocycles. The fraction of sp³-hybridized carbons (Fsp3) is 0.958. The molecule has 8 heteroatoms. The van der Waals surface area contributed by atoms with E-state index in [9.17, 15) is 4.79 Å². The Kier molecular flexibility index (Phi) is 33.5. The number of hydrogen-bond donors (Lipinski definition) is 3. The van der Waals surface area contributed by atoms with Crippen molar-refractivity contribution in [3.05, 3.63) is 0 Å². The van der Waals surface area contributed by atoms with Crippen molar-refractivity contribution in [1.82, 2.24) is 10.6 Å². The lowest BCUT2D eigenvalue weighted by atomic mass is 10.1. The van der Waals surface area contributed by atoms with Gasteiger partial charge in [0.05, 0.1) is 7.11 Å². The maximum atomic E-state index is 10.6. The van der Waals surface area contributed by atoms with Crippen molar-refractivity contribution in [3.63, 3.8) is 0 Å². The number of carbonyl (C=O) groups is 1. The van der Waals surface area contributed by atoms with Gasteiger partial charge in [-0.1, -0.05) is 20.8 Å². The average molecular weight is 466 g/mol. The Balaban J connectivity index is -0.000000403. The number of alkyl carbamates (subject to hydrolysis) is 1. The molecular formula is C24H55N3O5. The van der Waals surface area contributed by atoms with E-state index < -0.39 is 0 Å². The van der Waals surface area contributed by atoms with Gasteiger partial charge in [-0.25, -0.2) is 4.79 Å². The van der Waals surface area contributed by atoms with Crippen molar-refractivity contribution in [1.29, 1.82) is 0 Å². The summed E-state index contributed by atoms with van der Waals surface area (Å²) in [6, 6.07) is 0. The van der Waals surface area contributed by atoms with Gasteiger partial charge < -0.3 is 35.3 Å². The van der Waals surface area contributed by atoms with E-state index in [1.165, 1.54) is 13.5 Å². The lowest BCUT2D eigenvalue weighted by Crippen LogP contribution is -2.25. The minimum absolute atomic E-state index is 0.372. The Morgan fingerprint density at radius 1 is 0.781 bits per heavy atom. The number of hydrogen-bond acceptors (Lipinski definition) is 7. The highest BCUT2D eigenvalue weighted by Gasteiger charge is 2.03. The second-order valence-corrected chi connectivity index (χ2v) is 7.97. The van der Waals surface area contributed by atoms with Gasteiger partial charge in [-0.15, -0.1) is 0 Å². The minimum Gasteiger partial charge on any atom is -0.453 e. The van der Waals surface area contributed by atoms with Gasteiger partial charge in [0.2, 0.25) is 0 Å². The number of amides is 1. The molecule has 0 aromatic rings. The molecular weight excluding hydrogens is 410 g/mol. The molecule has 0 heterocycles. The fourth-order valence-electron chi connectivity index (χ4n) is 2.38. The van der Waals surface area contributed by atoms with Gasteiger partial charge in [0, 0.05) is 46.2 Å². The molecule has 32 heavy (non-hydrogen) atoms. The predicted molar refractivity (Wildman–Crippen MR) is 134 cm³/mol. The topological polar surface area (TPSA) is 104 Å². The molecule has 3 unspecified atom stereocenters. The molecule has 0 aliphatic heterocycles. The summed E-state index contributed by atoms with van der Waals surface area (Å²) in [7, 11) is 3.34. The van der Waals surface area contributed by atoms with E-state index in [1.54, 1.807) is 0 Å². The van der Waals surface area contributed by atoms with Crippen LogP contribution in [-0.4, -0.2) is 79.5 Å². The molecule has 3 atom stereocenters. The molecule has 0 spiro atoms. The van der Waals surface area contributed by atoms with Gasteiger partial charge in [0.1, 0.15) is 0 Å². The predicted octanol–water partition coefficient (Wildman–Crippen LogP) is 3.68. The van der Waals surface area contributed by atoms with E-state index in [2.05, 4.69) is 36.1 Å². The van der Waals surface area contributed by atoms with Crippen LogP contribution < -0.4 is 16.4 Å². The van der Waals surface area contributed by atoms with Crippen LogP contribution in [-0.2, 0) is 18.9 Å². The first-order chi connectivity index (χ1) is 15.3. The summed E-state index contributed by atoms with van der Waals surface area (Å²) < 4.78 is 20.1. The van der Waals surface area contributed by atoms with Crippen LogP contribution in [0, 0.1) is 17.8 Å². The van der Waals surface area contributed by atoms with Gasteiger partial charge in [0.25, 0.3) is 0 Å². The molecule has 0 saturated carbocycles. The molecule has 196 valence electrons. The number of carbonyl (C=O) groups excluding carboxylic acids is 1. The standard InChI is InChI=1S/C9H19NO3.C8H19NO.C7H17NO/c1-4-13-7-8(2)5-6-10-9(11)12-3;1-4-10-7-8(2)5-6-9-3;1-3-9-6-7(2)4-5-8/h8H,4-7H2,1-3H3,(H,10,11);8-9H,4-7H2,1-3H3;7H,3-6,8H2,1-2H3. The monoisotopic (exact) mass is 465 g/mol. The zero-order valence-corrected chi connectivity index (χ0v) is 22.3. The van der Waals surface area contributed by atoms with Crippen molar-refractivity contribution in [2.75, 3.05) is 73.4 Å². The molecule has 0 aromatic heterocycles. The van der Waals surface area contributed by atoms with Gasteiger partial charge >= 0.3 is 6.09 Å². The molecule has 1 amide bonds. The molecule has 0 bridgehead atoms. The molecule has 0 fully saturated rings. The zero-order valence-electron chi connectivity index (χ0n) is 22.3. The lowest BCUT2D eigenvalue weighted by molar-refractivity contribution is 0.112. The summed E-state index contributed by atoms with van der Waals surface area (Å²) in [5, 5.41) is 5.74. The highest BCUT2D eigenvalue weighted by molar-refractivity contribution is 5.66. The number of nitrogens with two attached hydrogens (primary N) is 1. The van der Waals surface area contributed by atoms with Crippen LogP contribution in [0.5, 0.6) is 0 Å². The van der Waals surface area contributed by atoms with E-state index in [0.29, 0.717) is 24.3 Å². The van der Waals surface area contributed by atoms with E-state index in [4.69, 9.17) is 19.9 Å². The Bertz CT molecular complexity index is 355. The SMILES string of the molecule is CCOCC(C)CCN.CCOCC(C)CCNC.CCOCC(C)CCNC(=O)OC. The smallest absolute Gasteiger partial charge is 0.406 e. The molecule has 0 radical (unpaired) electrons.